The molecule has 0 unspecified atom stereocenters. The molecule has 162 valence electrons. The zero-order chi connectivity index (χ0) is 21.7. The van der Waals surface area contributed by atoms with Gasteiger partial charge in [0, 0.05) is 43.5 Å². The van der Waals surface area contributed by atoms with Crippen molar-refractivity contribution in [1.82, 2.24) is 19.7 Å². The van der Waals surface area contributed by atoms with Crippen molar-refractivity contribution in [3.63, 3.8) is 0 Å². The Hall–Kier alpha value is -3.55. The van der Waals surface area contributed by atoms with Crippen LogP contribution in [-0.2, 0) is 0 Å². The maximum atomic E-state index is 13.9. The predicted molar refractivity (Wildman–Crippen MR) is 120 cm³/mol. The van der Waals surface area contributed by atoms with Gasteiger partial charge >= 0.3 is 0 Å². The summed E-state index contributed by atoms with van der Waals surface area (Å²) in [6, 6.07) is 13.7. The van der Waals surface area contributed by atoms with Crippen molar-refractivity contribution in [2.45, 2.75) is 18.9 Å². The lowest BCUT2D eigenvalue weighted by Gasteiger charge is -2.36. The number of hydrogen-bond acceptors (Lipinski definition) is 5. The van der Waals surface area contributed by atoms with Crippen molar-refractivity contribution in [2.24, 2.45) is 0 Å². The van der Waals surface area contributed by atoms with Gasteiger partial charge in [-0.15, -0.1) is 5.10 Å². The van der Waals surface area contributed by atoms with Gasteiger partial charge in [-0.25, -0.2) is 13.8 Å². The summed E-state index contributed by atoms with van der Waals surface area (Å²) in [6.45, 7) is 3.22. The minimum atomic E-state index is -0.251. The van der Waals surface area contributed by atoms with Crippen LogP contribution in [-0.4, -0.2) is 45.9 Å². The lowest BCUT2D eigenvalue weighted by molar-refractivity contribution is 0.623. The molecule has 1 saturated carbocycles. The molecular weight excluding hydrogens is 410 g/mol. The van der Waals surface area contributed by atoms with E-state index in [0.717, 1.165) is 72.9 Å². The van der Waals surface area contributed by atoms with Gasteiger partial charge in [0.05, 0.1) is 17.2 Å². The number of aromatic nitrogens is 4. The van der Waals surface area contributed by atoms with E-state index in [1.54, 1.807) is 18.3 Å². The Bertz CT molecular complexity index is 1270. The van der Waals surface area contributed by atoms with Gasteiger partial charge in [0.2, 0.25) is 0 Å². The predicted octanol–water partition coefficient (Wildman–Crippen LogP) is 4.43. The summed E-state index contributed by atoms with van der Waals surface area (Å²) >= 11 is 0. The zero-order valence-electron chi connectivity index (χ0n) is 17.5. The third-order valence-corrected chi connectivity index (χ3v) is 6.26. The maximum absolute atomic E-state index is 13.9. The summed E-state index contributed by atoms with van der Waals surface area (Å²) in [5, 5.41) is 8.62. The van der Waals surface area contributed by atoms with Crippen LogP contribution in [0.4, 0.5) is 20.3 Å². The fourth-order valence-electron chi connectivity index (χ4n) is 4.45. The van der Waals surface area contributed by atoms with Gasteiger partial charge in [-0.1, -0.05) is 0 Å². The van der Waals surface area contributed by atoms with Crippen molar-refractivity contribution in [3.05, 3.63) is 66.4 Å². The number of anilines is 2. The number of nitrogens with zero attached hydrogens (tertiary/aromatic N) is 6. The van der Waals surface area contributed by atoms with Gasteiger partial charge in [-0.2, -0.15) is 5.10 Å². The van der Waals surface area contributed by atoms with Crippen molar-refractivity contribution in [3.8, 4) is 11.4 Å². The molecule has 0 amide bonds. The molecule has 1 aliphatic carbocycles. The van der Waals surface area contributed by atoms with Crippen molar-refractivity contribution in [1.29, 1.82) is 0 Å². The van der Waals surface area contributed by atoms with Crippen LogP contribution in [0, 0.1) is 11.6 Å². The number of hydrogen-bond donors (Lipinski definition) is 0. The first kappa shape index (κ1) is 19.2. The smallest absolute Gasteiger partial charge is 0.152 e. The average Bonchev–Trinajstić information content (AvgIpc) is 3.60. The largest absolute Gasteiger partial charge is 0.368 e. The first-order valence-electron chi connectivity index (χ1n) is 10.9. The maximum Gasteiger partial charge on any atom is 0.152 e. The van der Waals surface area contributed by atoms with E-state index in [1.807, 2.05) is 18.2 Å². The fourth-order valence-corrected chi connectivity index (χ4v) is 4.45. The lowest BCUT2D eigenvalue weighted by atomic mass is 10.2. The Morgan fingerprint density at radius 1 is 0.812 bits per heavy atom. The lowest BCUT2D eigenvalue weighted by Crippen LogP contribution is -2.46. The third kappa shape index (κ3) is 3.45. The van der Waals surface area contributed by atoms with E-state index in [1.165, 1.54) is 18.2 Å². The van der Waals surface area contributed by atoms with Crippen molar-refractivity contribution < 1.29 is 8.78 Å². The minimum absolute atomic E-state index is 0.223. The molecule has 8 heteroatoms. The van der Waals surface area contributed by atoms with E-state index >= 15 is 0 Å². The van der Waals surface area contributed by atoms with E-state index in [9.17, 15) is 8.78 Å². The van der Waals surface area contributed by atoms with Crippen LogP contribution in [0.5, 0.6) is 0 Å². The molecule has 6 nitrogen and oxygen atoms in total. The molecular formula is C24H22F2N6. The molecule has 2 aromatic carbocycles. The fraction of sp³-hybridized carbons (Fsp3) is 0.292. The molecule has 4 aromatic rings. The first-order valence-corrected chi connectivity index (χ1v) is 10.9. The topological polar surface area (TPSA) is 50.1 Å². The Morgan fingerprint density at radius 3 is 2.28 bits per heavy atom. The van der Waals surface area contributed by atoms with Crippen LogP contribution < -0.4 is 9.80 Å². The van der Waals surface area contributed by atoms with Gasteiger partial charge in [0.15, 0.2) is 5.82 Å². The highest BCUT2D eigenvalue weighted by atomic mass is 19.1. The monoisotopic (exact) mass is 432 g/mol. The second-order valence-corrected chi connectivity index (χ2v) is 8.42. The van der Waals surface area contributed by atoms with Crippen molar-refractivity contribution in [2.75, 3.05) is 36.0 Å². The van der Waals surface area contributed by atoms with E-state index < -0.39 is 0 Å². The van der Waals surface area contributed by atoms with Gasteiger partial charge in [-0.3, -0.25) is 0 Å². The van der Waals surface area contributed by atoms with Crippen LogP contribution in [0.15, 0.2) is 54.7 Å². The van der Waals surface area contributed by atoms with Gasteiger partial charge in [0.25, 0.3) is 0 Å². The van der Waals surface area contributed by atoms with Crippen LogP contribution in [0.2, 0.25) is 0 Å². The molecule has 0 radical (unpaired) electrons. The Kier molecular flexibility index (Phi) is 4.52. The molecule has 32 heavy (non-hydrogen) atoms. The molecule has 3 heterocycles. The normalized spacial score (nSPS) is 16.7. The number of rotatable bonds is 4. The molecule has 6 rings (SSSR count). The summed E-state index contributed by atoms with van der Waals surface area (Å²) in [6.07, 6.45) is 3.88. The number of piperazine rings is 1. The average molecular weight is 432 g/mol. The van der Waals surface area contributed by atoms with E-state index in [2.05, 4.69) is 24.6 Å². The molecule has 2 aliphatic rings. The summed E-state index contributed by atoms with van der Waals surface area (Å²) in [4.78, 5) is 9.25. The van der Waals surface area contributed by atoms with E-state index in [-0.39, 0.29) is 11.6 Å². The first-order chi connectivity index (χ1) is 15.7. The second-order valence-electron chi connectivity index (χ2n) is 8.42. The summed E-state index contributed by atoms with van der Waals surface area (Å²) in [7, 11) is 0. The molecule has 2 fully saturated rings. The quantitative estimate of drug-likeness (QED) is 0.477. The summed E-state index contributed by atoms with van der Waals surface area (Å²) in [5.41, 5.74) is 3.53. The molecule has 1 saturated heterocycles. The molecule has 1 aliphatic heterocycles. The van der Waals surface area contributed by atoms with Gasteiger partial charge < -0.3 is 14.4 Å². The number of imidazole rings is 1. The van der Waals surface area contributed by atoms with Gasteiger partial charge in [-0.05, 0) is 61.4 Å². The summed E-state index contributed by atoms with van der Waals surface area (Å²) < 4.78 is 29.3. The van der Waals surface area contributed by atoms with Crippen LogP contribution in [0.1, 0.15) is 18.9 Å². The highest BCUT2D eigenvalue weighted by molar-refractivity contribution is 5.81. The van der Waals surface area contributed by atoms with Crippen LogP contribution >= 0.6 is 0 Å². The van der Waals surface area contributed by atoms with Crippen molar-refractivity contribution >= 4 is 22.5 Å². The molecule has 0 spiro atoms. The number of benzene rings is 2. The van der Waals surface area contributed by atoms with E-state index in [0.29, 0.717) is 6.04 Å². The number of halogens is 2. The van der Waals surface area contributed by atoms with Crippen LogP contribution in [0.3, 0.4) is 0 Å². The Morgan fingerprint density at radius 2 is 1.53 bits per heavy atom. The van der Waals surface area contributed by atoms with E-state index in [4.69, 9.17) is 4.98 Å². The Balaban J connectivity index is 1.27. The molecule has 0 atom stereocenters. The third-order valence-electron chi connectivity index (χ3n) is 6.26. The minimum Gasteiger partial charge on any atom is -0.368 e. The van der Waals surface area contributed by atoms with Crippen LogP contribution in [0.25, 0.3) is 22.4 Å². The zero-order valence-corrected chi connectivity index (χ0v) is 17.5. The molecule has 0 N–H and O–H groups in total. The standard InChI is InChI=1S/C24H22F2N6/c25-17-1-4-19(5-2-17)30-9-11-31(12-10-30)23-13-16(15-27-29-23)24-28-21-8-3-18(26)14-22(21)32(24)20-6-7-20/h1-5,8,13-15,20H,6-7,9-12H2. The molecule has 0 bridgehead atoms. The SMILES string of the molecule is Fc1ccc(N2CCN(c3cc(-c4nc5ccc(F)cc5n4C4CC4)cnn3)CC2)cc1. The second kappa shape index (κ2) is 7.55. The highest BCUT2D eigenvalue weighted by Gasteiger charge is 2.29. The molecule has 2 aromatic heterocycles. The summed E-state index contributed by atoms with van der Waals surface area (Å²) in [5.74, 6) is 1.15. The van der Waals surface area contributed by atoms with Gasteiger partial charge in [0.1, 0.15) is 17.5 Å². The highest BCUT2D eigenvalue weighted by Crippen LogP contribution is 2.41. The Labute approximate surface area is 184 Å². The number of fused-ring (bicyclic) bond motifs is 1.